The Labute approximate surface area is 76.4 Å². The normalized spacial score (nSPS) is 9.38. The Kier molecular flexibility index (Phi) is 5.71. The highest BCUT2D eigenvalue weighted by atomic mass is 16.5. The van der Waals surface area contributed by atoms with E-state index in [1.165, 1.54) is 14.0 Å². The quantitative estimate of drug-likeness (QED) is 0.440. The van der Waals surface area contributed by atoms with Crippen LogP contribution in [-0.4, -0.2) is 37.7 Å². The number of carbonyl (C=O) groups excluding carboxylic acids is 3. The van der Waals surface area contributed by atoms with Gasteiger partial charge < -0.3 is 10.1 Å². The van der Waals surface area contributed by atoms with Crippen LogP contribution >= 0.6 is 0 Å². The van der Waals surface area contributed by atoms with Gasteiger partial charge >= 0.3 is 0 Å². The maximum absolute atomic E-state index is 10.7. The third-order valence-corrected chi connectivity index (χ3v) is 1.38. The number of hydrogen-bond acceptors (Lipinski definition) is 4. The van der Waals surface area contributed by atoms with Crippen LogP contribution in [0.15, 0.2) is 0 Å². The fraction of sp³-hybridized carbons (Fsp3) is 0.625. The smallest absolute Gasteiger partial charge is 0.223 e. The summed E-state index contributed by atoms with van der Waals surface area (Å²) < 4.78 is 4.80. The topological polar surface area (TPSA) is 72.5 Å². The van der Waals surface area contributed by atoms with Crippen molar-refractivity contribution in [2.45, 2.75) is 13.3 Å². The first kappa shape index (κ1) is 11.8. The molecule has 13 heavy (non-hydrogen) atoms. The molecule has 0 spiro atoms. The molecule has 1 amide bonds. The lowest BCUT2D eigenvalue weighted by atomic mass is 10.3. The van der Waals surface area contributed by atoms with Gasteiger partial charge in [0, 0.05) is 20.4 Å². The Morgan fingerprint density at radius 1 is 1.31 bits per heavy atom. The van der Waals surface area contributed by atoms with Crippen molar-refractivity contribution < 1.29 is 19.1 Å². The second kappa shape index (κ2) is 6.30. The van der Waals surface area contributed by atoms with Crippen LogP contribution in [0.1, 0.15) is 13.3 Å². The van der Waals surface area contributed by atoms with Crippen molar-refractivity contribution in [3.05, 3.63) is 0 Å². The molecule has 0 atom stereocenters. The molecule has 1 N–H and O–H groups in total. The second-order valence-corrected chi connectivity index (χ2v) is 2.46. The van der Waals surface area contributed by atoms with Gasteiger partial charge in [-0.05, 0) is 0 Å². The summed E-state index contributed by atoms with van der Waals surface area (Å²) in [5.74, 6) is -1.26. The van der Waals surface area contributed by atoms with Crippen molar-refractivity contribution >= 4 is 17.5 Å². The maximum Gasteiger partial charge on any atom is 0.223 e. The van der Waals surface area contributed by atoms with Gasteiger partial charge in [0.1, 0.15) is 6.61 Å². The van der Waals surface area contributed by atoms with Crippen LogP contribution in [0.3, 0.4) is 0 Å². The fourth-order valence-electron chi connectivity index (χ4n) is 0.556. The first-order valence-electron chi connectivity index (χ1n) is 3.90. The standard InChI is InChI=1S/C8H13NO4/c1-6(10)7(11)5-13-4-3-8(12)9-2/h3-5H2,1-2H3,(H,9,12). The third kappa shape index (κ3) is 5.98. The molecule has 0 bridgehead atoms. The molecule has 0 rings (SSSR count). The van der Waals surface area contributed by atoms with Crippen molar-refractivity contribution in [3.63, 3.8) is 0 Å². The number of carbonyl (C=O) groups is 3. The number of ketones is 2. The van der Waals surface area contributed by atoms with Crippen molar-refractivity contribution in [2.75, 3.05) is 20.3 Å². The first-order chi connectivity index (χ1) is 6.07. The van der Waals surface area contributed by atoms with E-state index in [4.69, 9.17) is 4.74 Å². The van der Waals surface area contributed by atoms with E-state index in [0.29, 0.717) is 0 Å². The highest BCUT2D eigenvalue weighted by Crippen LogP contribution is 1.84. The molecule has 0 radical (unpaired) electrons. The van der Waals surface area contributed by atoms with Crippen molar-refractivity contribution in [3.8, 4) is 0 Å². The van der Waals surface area contributed by atoms with Gasteiger partial charge in [0.15, 0.2) is 5.78 Å². The van der Waals surface area contributed by atoms with Crippen molar-refractivity contribution in [1.29, 1.82) is 0 Å². The number of nitrogens with one attached hydrogen (secondary N) is 1. The van der Waals surface area contributed by atoms with Gasteiger partial charge in [0.2, 0.25) is 11.7 Å². The van der Waals surface area contributed by atoms with Crippen LogP contribution in [0, 0.1) is 0 Å². The summed E-state index contributed by atoms with van der Waals surface area (Å²) in [5.41, 5.74) is 0. The van der Waals surface area contributed by atoms with Gasteiger partial charge in [-0.15, -0.1) is 0 Å². The van der Waals surface area contributed by atoms with Crippen molar-refractivity contribution in [2.24, 2.45) is 0 Å². The molecule has 0 heterocycles. The molecule has 0 aromatic heterocycles. The first-order valence-corrected chi connectivity index (χ1v) is 3.90. The minimum atomic E-state index is -0.572. The number of Topliss-reactive ketones (excluding diaryl/α,β-unsaturated/α-hetero) is 2. The molecular formula is C8H13NO4. The monoisotopic (exact) mass is 187 g/mol. The molecule has 5 heteroatoms. The lowest BCUT2D eigenvalue weighted by Gasteiger charge is -2.00. The SMILES string of the molecule is CNC(=O)CCOCC(=O)C(C)=O. The van der Waals surface area contributed by atoms with E-state index in [0.717, 1.165) is 0 Å². The number of ether oxygens (including phenoxy) is 1. The summed E-state index contributed by atoms with van der Waals surface area (Å²) in [5, 5.41) is 2.41. The Balaban J connectivity index is 3.41. The van der Waals surface area contributed by atoms with E-state index < -0.39 is 11.6 Å². The largest absolute Gasteiger partial charge is 0.373 e. The van der Waals surface area contributed by atoms with Crippen LogP contribution in [-0.2, 0) is 19.1 Å². The molecular weight excluding hydrogens is 174 g/mol. The van der Waals surface area contributed by atoms with Gasteiger partial charge in [-0.2, -0.15) is 0 Å². The van der Waals surface area contributed by atoms with E-state index in [-0.39, 0.29) is 25.5 Å². The second-order valence-electron chi connectivity index (χ2n) is 2.46. The fourth-order valence-corrected chi connectivity index (χ4v) is 0.556. The van der Waals surface area contributed by atoms with Gasteiger partial charge in [0.25, 0.3) is 0 Å². The molecule has 0 fully saturated rings. The van der Waals surface area contributed by atoms with Crippen LogP contribution in [0.2, 0.25) is 0 Å². The summed E-state index contributed by atoms with van der Waals surface area (Å²) in [7, 11) is 1.52. The molecule has 0 aliphatic carbocycles. The average Bonchev–Trinajstić information content (AvgIpc) is 2.11. The minimum Gasteiger partial charge on any atom is -0.373 e. The van der Waals surface area contributed by atoms with Crippen LogP contribution in [0.25, 0.3) is 0 Å². The van der Waals surface area contributed by atoms with E-state index in [1.807, 2.05) is 0 Å². The predicted octanol–water partition coefficient (Wildman–Crippen LogP) is -0.703. The molecule has 0 aromatic rings. The Morgan fingerprint density at radius 3 is 2.38 bits per heavy atom. The lowest BCUT2D eigenvalue weighted by molar-refractivity contribution is -0.138. The summed E-state index contributed by atoms with van der Waals surface area (Å²) in [6.07, 6.45) is 0.196. The Hall–Kier alpha value is -1.23. The highest BCUT2D eigenvalue weighted by molar-refractivity contribution is 6.36. The number of hydrogen-bond donors (Lipinski definition) is 1. The van der Waals surface area contributed by atoms with Crippen LogP contribution in [0.5, 0.6) is 0 Å². The summed E-state index contributed by atoms with van der Waals surface area (Å²) in [6, 6.07) is 0. The Bertz CT molecular complexity index is 212. The van der Waals surface area contributed by atoms with Gasteiger partial charge in [0.05, 0.1) is 6.61 Å². The van der Waals surface area contributed by atoms with Gasteiger partial charge in [-0.1, -0.05) is 0 Å². The van der Waals surface area contributed by atoms with Gasteiger partial charge in [-0.3, -0.25) is 14.4 Å². The molecule has 74 valence electrons. The number of rotatable bonds is 6. The van der Waals surface area contributed by atoms with E-state index in [1.54, 1.807) is 0 Å². The van der Waals surface area contributed by atoms with Gasteiger partial charge in [-0.25, -0.2) is 0 Å². The molecule has 5 nitrogen and oxygen atoms in total. The molecule has 0 aromatic carbocycles. The summed E-state index contributed by atoms with van der Waals surface area (Å²) in [6.45, 7) is 1.09. The van der Waals surface area contributed by atoms with Crippen LogP contribution in [0.4, 0.5) is 0 Å². The third-order valence-electron chi connectivity index (χ3n) is 1.38. The van der Waals surface area contributed by atoms with Crippen molar-refractivity contribution in [1.82, 2.24) is 5.32 Å². The molecule has 0 aliphatic heterocycles. The van der Waals surface area contributed by atoms with E-state index in [2.05, 4.69) is 5.32 Å². The zero-order chi connectivity index (χ0) is 10.3. The van der Waals surface area contributed by atoms with E-state index >= 15 is 0 Å². The lowest BCUT2D eigenvalue weighted by Crippen LogP contribution is -2.22. The zero-order valence-electron chi connectivity index (χ0n) is 7.75. The summed E-state index contributed by atoms with van der Waals surface area (Å²) in [4.78, 5) is 31.7. The predicted molar refractivity (Wildman–Crippen MR) is 45.2 cm³/mol. The molecule has 0 saturated carbocycles. The molecule has 0 saturated heterocycles. The van der Waals surface area contributed by atoms with Crippen LogP contribution < -0.4 is 5.32 Å². The average molecular weight is 187 g/mol. The zero-order valence-corrected chi connectivity index (χ0v) is 7.75. The minimum absolute atomic E-state index is 0.151. The Morgan fingerprint density at radius 2 is 1.92 bits per heavy atom. The molecule has 0 aliphatic rings. The molecule has 0 unspecified atom stereocenters. The van der Waals surface area contributed by atoms with E-state index in [9.17, 15) is 14.4 Å². The maximum atomic E-state index is 10.7. The summed E-state index contributed by atoms with van der Waals surface area (Å²) >= 11 is 0. The number of amides is 1. The highest BCUT2D eigenvalue weighted by Gasteiger charge is 2.07.